The number of para-hydroxylation sites is 2. The van der Waals surface area contributed by atoms with E-state index >= 15 is 0 Å². The Morgan fingerprint density at radius 2 is 0.600 bits per heavy atom. The van der Waals surface area contributed by atoms with Crippen LogP contribution in [0.5, 0.6) is 0 Å². The Labute approximate surface area is 496 Å². The normalized spacial score (nSPS) is 11.5. The topological polar surface area (TPSA) is 43.6 Å². The second kappa shape index (κ2) is 22.9. The maximum Gasteiger partial charge on any atom is 0.164 e. The maximum absolute atomic E-state index is 5.16. The molecule has 0 saturated heterocycles. The van der Waals surface area contributed by atoms with Gasteiger partial charge in [-0.1, -0.05) is 292 Å². The number of hydrogen-bond donors (Lipinski definition) is 0. The summed E-state index contributed by atoms with van der Waals surface area (Å²) in [5, 5.41) is 2.44. The fraction of sp³-hybridized carbons (Fsp3) is 0. The summed E-state index contributed by atoms with van der Waals surface area (Å²) in [6, 6.07) is 107. The van der Waals surface area contributed by atoms with E-state index in [0.717, 1.165) is 122 Å². The Kier molecular flexibility index (Phi) is 14.0. The summed E-state index contributed by atoms with van der Waals surface area (Å²) in [7, 11) is 0. The third kappa shape index (κ3) is 9.88. The van der Waals surface area contributed by atoms with Gasteiger partial charge in [0.2, 0.25) is 0 Å². The molecular weight excluding hydrogens is 1030 g/mol. The Balaban J connectivity index is 1.12. The monoisotopic (exact) mass is 1080 g/mol. The van der Waals surface area contributed by atoms with Crippen molar-refractivity contribution >= 4 is 27.4 Å². The Morgan fingerprint density at radius 1 is 0.282 bits per heavy atom. The van der Waals surface area contributed by atoms with Crippen molar-refractivity contribution in [2.75, 3.05) is 0 Å². The first kappa shape index (κ1) is 51.8. The van der Waals surface area contributed by atoms with Crippen LogP contribution in [0.3, 0.4) is 0 Å². The maximum atomic E-state index is 5.16. The van der Waals surface area contributed by atoms with Crippen molar-refractivity contribution in [3.63, 3.8) is 0 Å². The summed E-state index contributed by atoms with van der Waals surface area (Å²) in [6.45, 7) is 8.11. The van der Waals surface area contributed by atoms with Crippen molar-refractivity contribution in [3.05, 3.63) is 334 Å². The van der Waals surface area contributed by atoms with Crippen molar-refractivity contribution in [2.24, 2.45) is 0 Å². The number of nitrogens with zero attached hydrogens (tertiary/aromatic N) is 4. The third-order valence-corrected chi connectivity index (χ3v) is 16.0. The first-order valence-corrected chi connectivity index (χ1v) is 28.7. The van der Waals surface area contributed by atoms with Crippen LogP contribution in [-0.2, 0) is 0 Å². The molecule has 0 radical (unpaired) electrons. The van der Waals surface area contributed by atoms with Crippen LogP contribution in [0.15, 0.2) is 329 Å². The zero-order valence-corrected chi connectivity index (χ0v) is 46.7. The van der Waals surface area contributed by atoms with E-state index in [9.17, 15) is 0 Å². The van der Waals surface area contributed by atoms with Gasteiger partial charge in [0, 0.05) is 33.2 Å². The molecule has 0 N–H and O–H groups in total. The van der Waals surface area contributed by atoms with Gasteiger partial charge in [0.05, 0.1) is 11.0 Å². The van der Waals surface area contributed by atoms with Crippen molar-refractivity contribution in [3.8, 4) is 117 Å². The molecule has 400 valence electrons. The average molecular weight is 1090 g/mol. The molecule has 2 aromatic heterocycles. The minimum atomic E-state index is 0.515. The molecule has 14 rings (SSSR count). The molecule has 0 spiro atoms. The van der Waals surface area contributed by atoms with E-state index in [1.807, 2.05) is 36.4 Å². The van der Waals surface area contributed by atoms with Crippen LogP contribution in [0.25, 0.3) is 145 Å². The van der Waals surface area contributed by atoms with E-state index < -0.39 is 0 Å². The first-order valence-electron chi connectivity index (χ1n) is 28.7. The highest BCUT2D eigenvalue weighted by Crippen LogP contribution is 2.56. The molecule has 4 heteroatoms. The van der Waals surface area contributed by atoms with Crippen LogP contribution >= 0.6 is 0 Å². The Hall–Kier alpha value is -11.3. The standard InChI is InChI=1S/C81H56N4/c1-3-26-55(4-2)79-82-80(62-35-18-9-19-36-62)84-81(83-79)63-47-45-60(46-48-63)75-76(61-49-51-68(52-50-61)85-71-43-22-20-41-69(71)70-42-21-23-44-72(70)85)78(67-40-25-38-65(54-67)57-29-12-6-13-30-57)74(59-33-16-8-17-34-59)73(58-31-14-7-15-32-58)77(75)66-39-24-37-64(53-66)56-27-10-5-11-28-56/h3-54H,1-2H2/b55-26+. The van der Waals surface area contributed by atoms with E-state index in [1.165, 1.54) is 10.8 Å². The fourth-order valence-electron chi connectivity index (χ4n) is 12.1. The van der Waals surface area contributed by atoms with E-state index in [4.69, 9.17) is 15.0 Å². The second-order valence-corrected chi connectivity index (χ2v) is 21.1. The molecule has 85 heavy (non-hydrogen) atoms. The van der Waals surface area contributed by atoms with E-state index in [0.29, 0.717) is 17.5 Å². The second-order valence-electron chi connectivity index (χ2n) is 21.1. The average Bonchev–Trinajstić information content (AvgIpc) is 2.07. The van der Waals surface area contributed by atoms with E-state index in [2.05, 4.69) is 285 Å². The van der Waals surface area contributed by atoms with Crippen LogP contribution in [0.1, 0.15) is 5.82 Å². The molecule has 0 amide bonds. The first-order chi connectivity index (χ1) is 42.1. The van der Waals surface area contributed by atoms with E-state index in [1.54, 1.807) is 12.2 Å². The van der Waals surface area contributed by atoms with Crippen molar-refractivity contribution in [1.82, 2.24) is 19.5 Å². The third-order valence-electron chi connectivity index (χ3n) is 16.0. The minimum absolute atomic E-state index is 0.515. The molecule has 0 aliphatic heterocycles. The predicted molar refractivity (Wildman–Crippen MR) is 357 cm³/mol. The van der Waals surface area contributed by atoms with Gasteiger partial charge >= 0.3 is 0 Å². The molecule has 0 saturated carbocycles. The summed E-state index contributed by atoms with van der Waals surface area (Å²) in [4.78, 5) is 15.3. The summed E-state index contributed by atoms with van der Waals surface area (Å²) in [6.07, 6.45) is 5.38. The summed E-state index contributed by atoms with van der Waals surface area (Å²) in [5.41, 5.74) is 23.6. The molecular formula is C81H56N4. The van der Waals surface area contributed by atoms with Gasteiger partial charge in [-0.15, -0.1) is 0 Å². The molecule has 0 unspecified atom stereocenters. The molecule has 0 atom stereocenters. The summed E-state index contributed by atoms with van der Waals surface area (Å²) >= 11 is 0. The molecule has 0 bridgehead atoms. The lowest BCUT2D eigenvalue weighted by Crippen LogP contribution is -2.03. The number of fused-ring (bicyclic) bond motifs is 3. The summed E-state index contributed by atoms with van der Waals surface area (Å²) < 4.78 is 2.40. The van der Waals surface area contributed by atoms with Crippen molar-refractivity contribution < 1.29 is 0 Å². The van der Waals surface area contributed by atoms with Gasteiger partial charge in [-0.25, -0.2) is 15.0 Å². The van der Waals surface area contributed by atoms with Gasteiger partial charge in [0.1, 0.15) is 0 Å². The van der Waals surface area contributed by atoms with E-state index in [-0.39, 0.29) is 0 Å². The van der Waals surface area contributed by atoms with Crippen LogP contribution < -0.4 is 0 Å². The van der Waals surface area contributed by atoms with Gasteiger partial charge in [0.15, 0.2) is 17.5 Å². The number of hydrogen-bond acceptors (Lipinski definition) is 3. The zero-order chi connectivity index (χ0) is 57.1. The zero-order valence-electron chi connectivity index (χ0n) is 46.7. The quantitative estimate of drug-likeness (QED) is 0.102. The Morgan fingerprint density at radius 3 is 1.02 bits per heavy atom. The molecule has 0 aliphatic rings. The molecule has 0 fully saturated rings. The largest absolute Gasteiger partial charge is 0.309 e. The molecule has 2 heterocycles. The van der Waals surface area contributed by atoms with Crippen LogP contribution in [-0.4, -0.2) is 19.5 Å². The molecule has 0 aliphatic carbocycles. The van der Waals surface area contributed by atoms with Crippen LogP contribution in [0.4, 0.5) is 0 Å². The molecule has 12 aromatic carbocycles. The van der Waals surface area contributed by atoms with Gasteiger partial charge in [0.25, 0.3) is 0 Å². The van der Waals surface area contributed by atoms with Gasteiger partial charge in [-0.3, -0.25) is 0 Å². The van der Waals surface area contributed by atoms with Gasteiger partial charge in [-0.05, 0) is 125 Å². The Bertz CT molecular complexity index is 4740. The van der Waals surface area contributed by atoms with Crippen LogP contribution in [0.2, 0.25) is 0 Å². The van der Waals surface area contributed by atoms with Gasteiger partial charge < -0.3 is 4.57 Å². The minimum Gasteiger partial charge on any atom is -0.309 e. The highest BCUT2D eigenvalue weighted by molar-refractivity contribution is 6.16. The predicted octanol–water partition coefficient (Wildman–Crippen LogP) is 21.4. The SMILES string of the molecule is C=C/C=C(\C=C)c1nc(-c2ccccc2)nc(-c2ccc(-c3c(-c4ccc(-n5c6ccccc6c6ccccc65)cc4)c(-c4cccc(-c5ccccc5)c4)c(-c4ccccc4)c(-c4ccccc4)c3-c3cccc(-c4ccccc4)c3)cc2)n1. The summed E-state index contributed by atoms with van der Waals surface area (Å²) in [5.74, 6) is 1.63. The lowest BCUT2D eigenvalue weighted by molar-refractivity contribution is 1.04. The molecule has 14 aromatic rings. The lowest BCUT2D eigenvalue weighted by Gasteiger charge is -2.29. The van der Waals surface area contributed by atoms with Crippen molar-refractivity contribution in [2.45, 2.75) is 0 Å². The smallest absolute Gasteiger partial charge is 0.164 e. The number of rotatable bonds is 14. The number of aromatic nitrogens is 4. The highest BCUT2D eigenvalue weighted by Gasteiger charge is 2.30. The fourth-order valence-corrected chi connectivity index (χ4v) is 12.1. The van der Waals surface area contributed by atoms with Crippen LogP contribution in [0, 0.1) is 0 Å². The molecule has 4 nitrogen and oxygen atoms in total. The number of allylic oxidation sites excluding steroid dienone is 4. The lowest BCUT2D eigenvalue weighted by atomic mass is 9.73. The van der Waals surface area contributed by atoms with Gasteiger partial charge in [-0.2, -0.15) is 0 Å². The van der Waals surface area contributed by atoms with Crippen molar-refractivity contribution in [1.29, 1.82) is 0 Å². The number of benzene rings is 12. The highest BCUT2D eigenvalue weighted by atomic mass is 15.0.